The molecule has 1 amide bonds. The molecule has 2 N–H and O–H groups in total. The van der Waals surface area contributed by atoms with Gasteiger partial charge in [-0.15, -0.1) is 0 Å². The Morgan fingerprint density at radius 1 is 1.39 bits per heavy atom. The Kier molecular flexibility index (Phi) is 4.61. The third kappa shape index (κ3) is 3.60. The summed E-state index contributed by atoms with van der Waals surface area (Å²) < 4.78 is 39.7. The topological polar surface area (TPSA) is 63.5 Å². The van der Waals surface area contributed by atoms with Gasteiger partial charge in [-0.1, -0.05) is 13.8 Å². The van der Waals surface area contributed by atoms with Gasteiger partial charge in [-0.25, -0.2) is 8.78 Å². The van der Waals surface area contributed by atoms with Gasteiger partial charge in [0.15, 0.2) is 0 Å². The second kappa shape index (κ2) is 6.72. The lowest BCUT2D eigenvalue weighted by Gasteiger charge is -2.32. The maximum atomic E-state index is 14.1. The molecule has 1 aliphatic carbocycles. The van der Waals surface area contributed by atoms with Crippen LogP contribution in [0.15, 0.2) is 22.6 Å². The average molecular weight is 392 g/mol. The molecule has 2 aliphatic rings. The van der Waals surface area contributed by atoms with E-state index >= 15 is 0 Å². The van der Waals surface area contributed by atoms with Crippen molar-refractivity contribution in [2.45, 2.75) is 45.6 Å². The van der Waals surface area contributed by atoms with E-state index in [2.05, 4.69) is 24.5 Å². The zero-order valence-electron chi connectivity index (χ0n) is 16.4. The van der Waals surface area contributed by atoms with E-state index in [4.69, 9.17) is 9.15 Å². The minimum Gasteiger partial charge on any atom is -0.493 e. The van der Waals surface area contributed by atoms with Crippen LogP contribution in [-0.4, -0.2) is 37.6 Å². The molecular weight excluding hydrogens is 366 g/mol. The fourth-order valence-electron chi connectivity index (χ4n) is 3.87. The predicted octanol–water partition coefficient (Wildman–Crippen LogP) is 3.89. The molecule has 7 heteroatoms. The van der Waals surface area contributed by atoms with Gasteiger partial charge in [0.25, 0.3) is 11.8 Å². The number of hydrogen-bond acceptors (Lipinski definition) is 4. The van der Waals surface area contributed by atoms with E-state index in [9.17, 15) is 13.6 Å². The minimum atomic E-state index is -2.98. The summed E-state index contributed by atoms with van der Waals surface area (Å²) in [7, 11) is 0. The number of alkyl halides is 2. The molecule has 28 heavy (non-hydrogen) atoms. The standard InChI is InChI=1S/C21H26F2N2O3/c1-12-18(19(26)25-17-6-7-24-11-21(17,22)23)15-8-14(4-5-16(15)28-12)27-10-13-9-20(13,2)3/h4-5,8,13,17,24H,6-7,9-11H2,1-3H3,(H,25,26). The number of benzene rings is 1. The second-order valence-electron chi connectivity index (χ2n) is 8.64. The largest absolute Gasteiger partial charge is 0.493 e. The van der Waals surface area contributed by atoms with Crippen LogP contribution < -0.4 is 15.4 Å². The van der Waals surface area contributed by atoms with Crippen molar-refractivity contribution >= 4 is 16.9 Å². The van der Waals surface area contributed by atoms with Crippen molar-refractivity contribution < 1.29 is 22.7 Å². The number of halogens is 2. The SMILES string of the molecule is Cc1oc2ccc(OCC3CC3(C)C)cc2c1C(=O)NC1CCNCC1(F)F. The van der Waals surface area contributed by atoms with Crippen LogP contribution in [0.25, 0.3) is 11.0 Å². The maximum absolute atomic E-state index is 14.1. The summed E-state index contributed by atoms with van der Waals surface area (Å²) in [4.78, 5) is 12.8. The molecule has 1 aromatic heterocycles. The molecule has 0 bridgehead atoms. The summed E-state index contributed by atoms with van der Waals surface area (Å²) in [6, 6.07) is 4.13. The van der Waals surface area contributed by atoms with Crippen LogP contribution in [0.3, 0.4) is 0 Å². The summed E-state index contributed by atoms with van der Waals surface area (Å²) >= 11 is 0. The van der Waals surface area contributed by atoms with Crippen molar-refractivity contribution in [3.05, 3.63) is 29.5 Å². The van der Waals surface area contributed by atoms with E-state index in [1.165, 1.54) is 0 Å². The molecule has 5 nitrogen and oxygen atoms in total. The second-order valence-corrected chi connectivity index (χ2v) is 8.64. The van der Waals surface area contributed by atoms with Crippen LogP contribution in [-0.2, 0) is 0 Å². The highest BCUT2D eigenvalue weighted by Gasteiger charge is 2.46. The minimum absolute atomic E-state index is 0.180. The van der Waals surface area contributed by atoms with E-state index in [0.29, 0.717) is 52.5 Å². The third-order valence-electron chi connectivity index (χ3n) is 6.02. The van der Waals surface area contributed by atoms with E-state index in [-0.39, 0.29) is 6.42 Å². The number of hydrogen-bond donors (Lipinski definition) is 2. The number of aryl methyl sites for hydroxylation is 1. The average Bonchev–Trinajstić information content (AvgIpc) is 3.09. The number of fused-ring (bicyclic) bond motifs is 1. The van der Waals surface area contributed by atoms with Crippen LogP contribution >= 0.6 is 0 Å². The van der Waals surface area contributed by atoms with Gasteiger partial charge in [0.05, 0.1) is 24.8 Å². The molecule has 1 aromatic carbocycles. The number of piperidine rings is 1. The zero-order chi connectivity index (χ0) is 20.1. The number of ether oxygens (including phenoxy) is 1. The Bertz CT molecular complexity index is 906. The first-order valence-electron chi connectivity index (χ1n) is 9.73. The van der Waals surface area contributed by atoms with Gasteiger partial charge in [0, 0.05) is 5.39 Å². The lowest BCUT2D eigenvalue weighted by molar-refractivity contribution is -0.0487. The summed E-state index contributed by atoms with van der Waals surface area (Å²) in [6.07, 6.45) is 1.32. The van der Waals surface area contributed by atoms with Gasteiger partial charge < -0.3 is 19.8 Å². The van der Waals surface area contributed by atoms with Crippen molar-refractivity contribution in [1.82, 2.24) is 10.6 Å². The highest BCUT2D eigenvalue weighted by molar-refractivity contribution is 6.07. The van der Waals surface area contributed by atoms with Crippen LogP contribution in [0.1, 0.15) is 42.8 Å². The fraction of sp³-hybridized carbons (Fsp3) is 0.571. The van der Waals surface area contributed by atoms with Gasteiger partial charge in [-0.05, 0) is 55.8 Å². The number of amides is 1. The molecular formula is C21H26F2N2O3. The van der Waals surface area contributed by atoms with Crippen molar-refractivity contribution in [1.29, 1.82) is 0 Å². The van der Waals surface area contributed by atoms with E-state index in [0.717, 1.165) is 6.42 Å². The Labute approximate surface area is 162 Å². The first kappa shape index (κ1) is 19.2. The maximum Gasteiger partial charge on any atom is 0.280 e. The molecule has 1 saturated carbocycles. The Morgan fingerprint density at radius 2 is 2.14 bits per heavy atom. The normalized spacial score (nSPS) is 25.5. The van der Waals surface area contributed by atoms with Gasteiger partial charge in [-0.3, -0.25) is 4.79 Å². The lowest BCUT2D eigenvalue weighted by atomic mass is 10.0. The first-order chi connectivity index (χ1) is 13.2. The molecule has 2 aromatic rings. The molecule has 2 atom stereocenters. The molecule has 2 fully saturated rings. The molecule has 152 valence electrons. The molecule has 0 spiro atoms. The van der Waals surface area contributed by atoms with Crippen LogP contribution in [0.5, 0.6) is 5.75 Å². The van der Waals surface area contributed by atoms with Gasteiger partial charge in [0.1, 0.15) is 17.1 Å². The molecule has 0 radical (unpaired) electrons. The third-order valence-corrected chi connectivity index (χ3v) is 6.02. The van der Waals surface area contributed by atoms with Crippen molar-refractivity contribution in [3.63, 3.8) is 0 Å². The van der Waals surface area contributed by atoms with E-state index in [1.54, 1.807) is 19.1 Å². The highest BCUT2D eigenvalue weighted by atomic mass is 19.3. The van der Waals surface area contributed by atoms with Crippen LogP contribution in [0.2, 0.25) is 0 Å². The first-order valence-corrected chi connectivity index (χ1v) is 9.73. The summed E-state index contributed by atoms with van der Waals surface area (Å²) in [5.41, 5.74) is 1.15. The lowest BCUT2D eigenvalue weighted by Crippen LogP contribution is -2.57. The van der Waals surface area contributed by atoms with Crippen molar-refractivity contribution in [3.8, 4) is 5.75 Å². The van der Waals surface area contributed by atoms with Gasteiger partial charge in [-0.2, -0.15) is 0 Å². The molecule has 2 heterocycles. The zero-order valence-corrected chi connectivity index (χ0v) is 16.4. The van der Waals surface area contributed by atoms with Gasteiger partial charge in [0.2, 0.25) is 0 Å². The number of rotatable bonds is 5. The summed E-state index contributed by atoms with van der Waals surface area (Å²) in [6.45, 7) is 6.73. The monoisotopic (exact) mass is 392 g/mol. The van der Waals surface area contributed by atoms with Crippen molar-refractivity contribution in [2.24, 2.45) is 11.3 Å². The Balaban J connectivity index is 1.54. The fourth-order valence-corrected chi connectivity index (χ4v) is 3.87. The number of carbonyl (C=O) groups is 1. The molecule has 4 rings (SSSR count). The number of nitrogens with one attached hydrogen (secondary N) is 2. The Hall–Kier alpha value is -2.15. The predicted molar refractivity (Wildman–Crippen MR) is 102 cm³/mol. The number of carbonyl (C=O) groups excluding carboxylic acids is 1. The van der Waals surface area contributed by atoms with E-state index in [1.807, 2.05) is 6.07 Å². The van der Waals surface area contributed by atoms with Crippen LogP contribution in [0, 0.1) is 18.3 Å². The van der Waals surface area contributed by atoms with Crippen molar-refractivity contribution in [2.75, 3.05) is 19.7 Å². The summed E-state index contributed by atoms with van der Waals surface area (Å²) in [5.74, 6) is -1.93. The smallest absolute Gasteiger partial charge is 0.280 e. The quantitative estimate of drug-likeness (QED) is 0.810. The number of furan rings is 1. The van der Waals surface area contributed by atoms with Crippen LogP contribution in [0.4, 0.5) is 8.78 Å². The van der Waals surface area contributed by atoms with Gasteiger partial charge >= 0.3 is 0 Å². The summed E-state index contributed by atoms with van der Waals surface area (Å²) in [5, 5.41) is 5.75. The molecule has 1 aliphatic heterocycles. The molecule has 2 unspecified atom stereocenters. The van der Waals surface area contributed by atoms with E-state index < -0.39 is 24.4 Å². The highest BCUT2D eigenvalue weighted by Crippen LogP contribution is 2.51. The molecule has 1 saturated heterocycles. The Morgan fingerprint density at radius 3 is 2.82 bits per heavy atom.